The number of rotatable bonds is 6. The quantitative estimate of drug-likeness (QED) is 0.888. The Balaban J connectivity index is 2.59. The average Bonchev–Trinajstić information content (AvgIpc) is 2.84. The highest BCUT2D eigenvalue weighted by Crippen LogP contribution is 2.33. The van der Waals surface area contributed by atoms with Crippen LogP contribution in [0.1, 0.15) is 37.4 Å². The minimum atomic E-state index is 0.315. The van der Waals surface area contributed by atoms with E-state index in [1.165, 1.54) is 0 Å². The number of halogens is 1. The molecule has 5 heteroatoms. The zero-order chi connectivity index (χ0) is 15.4. The summed E-state index contributed by atoms with van der Waals surface area (Å²) < 4.78 is 7.41. The second kappa shape index (κ2) is 6.96. The number of benzene rings is 1. The van der Waals surface area contributed by atoms with Gasteiger partial charge in [0.15, 0.2) is 0 Å². The van der Waals surface area contributed by atoms with Gasteiger partial charge in [-0.25, -0.2) is 0 Å². The normalized spacial score (nSPS) is 11.1. The van der Waals surface area contributed by atoms with Crippen molar-refractivity contribution in [3.8, 4) is 11.6 Å². The van der Waals surface area contributed by atoms with Crippen LogP contribution in [0, 0.1) is 0 Å². The summed E-state index contributed by atoms with van der Waals surface area (Å²) >= 11 is 6.30. The standard InChI is InChI=1S/C16H22ClN3O/c1-11(2)15-12(7-6-10-18)16(21-3)20(19-15)14-9-5-4-8-13(14)17/h4-5,8-9,11H,6-7,10,18H2,1-3H3. The van der Waals surface area contributed by atoms with Gasteiger partial charge in [-0.15, -0.1) is 0 Å². The molecule has 2 aromatic rings. The number of nitrogens with zero attached hydrogens (tertiary/aromatic N) is 2. The highest BCUT2D eigenvalue weighted by Gasteiger charge is 2.22. The van der Waals surface area contributed by atoms with Crippen LogP contribution in [0.3, 0.4) is 0 Å². The van der Waals surface area contributed by atoms with E-state index < -0.39 is 0 Å². The molecule has 0 saturated carbocycles. The summed E-state index contributed by atoms with van der Waals surface area (Å²) in [5.41, 5.74) is 8.64. The second-order valence-electron chi connectivity index (χ2n) is 5.28. The Morgan fingerprint density at radius 2 is 2.05 bits per heavy atom. The van der Waals surface area contributed by atoms with Gasteiger partial charge < -0.3 is 10.5 Å². The van der Waals surface area contributed by atoms with Crippen molar-refractivity contribution in [3.63, 3.8) is 0 Å². The molecule has 4 nitrogen and oxygen atoms in total. The fraction of sp³-hybridized carbons (Fsp3) is 0.438. The van der Waals surface area contributed by atoms with Gasteiger partial charge in [-0.3, -0.25) is 0 Å². The maximum Gasteiger partial charge on any atom is 0.219 e. The predicted molar refractivity (Wildman–Crippen MR) is 86.6 cm³/mol. The van der Waals surface area contributed by atoms with Gasteiger partial charge >= 0.3 is 0 Å². The zero-order valence-corrected chi connectivity index (χ0v) is 13.5. The minimum absolute atomic E-state index is 0.315. The van der Waals surface area contributed by atoms with E-state index >= 15 is 0 Å². The first-order valence-corrected chi connectivity index (χ1v) is 7.58. The lowest BCUT2D eigenvalue weighted by Gasteiger charge is -2.09. The SMILES string of the molecule is COc1c(CCCN)c(C(C)C)nn1-c1ccccc1Cl. The summed E-state index contributed by atoms with van der Waals surface area (Å²) in [6.45, 7) is 4.91. The third-order valence-corrected chi connectivity index (χ3v) is 3.74. The Kier molecular flexibility index (Phi) is 5.26. The molecule has 0 bridgehead atoms. The van der Waals surface area contributed by atoms with E-state index in [2.05, 4.69) is 13.8 Å². The zero-order valence-electron chi connectivity index (χ0n) is 12.8. The lowest BCUT2D eigenvalue weighted by atomic mass is 10.0. The molecule has 0 amide bonds. The number of methoxy groups -OCH3 is 1. The van der Waals surface area contributed by atoms with Crippen LogP contribution in [0.5, 0.6) is 5.88 Å². The molecule has 0 fully saturated rings. The van der Waals surface area contributed by atoms with Crippen LogP contribution in [0.25, 0.3) is 5.69 Å². The summed E-state index contributed by atoms with van der Waals surface area (Å²) in [5.74, 6) is 1.07. The van der Waals surface area contributed by atoms with E-state index in [0.29, 0.717) is 17.5 Å². The Labute approximate surface area is 130 Å². The number of hydrogen-bond acceptors (Lipinski definition) is 3. The fourth-order valence-corrected chi connectivity index (χ4v) is 2.64. The van der Waals surface area contributed by atoms with Crippen LogP contribution in [-0.4, -0.2) is 23.4 Å². The summed E-state index contributed by atoms with van der Waals surface area (Å²) in [6, 6.07) is 7.64. The van der Waals surface area contributed by atoms with Gasteiger partial charge in [0.25, 0.3) is 0 Å². The molecule has 0 aliphatic carbocycles. The van der Waals surface area contributed by atoms with Gasteiger partial charge in [-0.05, 0) is 37.4 Å². The summed E-state index contributed by atoms with van der Waals surface area (Å²) in [4.78, 5) is 0. The van der Waals surface area contributed by atoms with Crippen molar-refractivity contribution in [3.05, 3.63) is 40.5 Å². The second-order valence-corrected chi connectivity index (χ2v) is 5.69. The highest BCUT2D eigenvalue weighted by molar-refractivity contribution is 6.32. The van der Waals surface area contributed by atoms with Gasteiger partial charge in [0.2, 0.25) is 5.88 Å². The number of para-hydroxylation sites is 1. The van der Waals surface area contributed by atoms with Crippen molar-refractivity contribution >= 4 is 11.6 Å². The van der Waals surface area contributed by atoms with Crippen molar-refractivity contribution < 1.29 is 4.74 Å². The molecule has 0 radical (unpaired) electrons. The smallest absolute Gasteiger partial charge is 0.219 e. The molecular weight excluding hydrogens is 286 g/mol. The Morgan fingerprint density at radius 1 is 1.33 bits per heavy atom. The maximum absolute atomic E-state index is 6.30. The Morgan fingerprint density at radius 3 is 2.62 bits per heavy atom. The van der Waals surface area contributed by atoms with Gasteiger partial charge in [0.05, 0.1) is 23.5 Å². The number of aromatic nitrogens is 2. The van der Waals surface area contributed by atoms with E-state index in [-0.39, 0.29) is 0 Å². The van der Waals surface area contributed by atoms with E-state index in [1.54, 1.807) is 11.8 Å². The summed E-state index contributed by atoms with van der Waals surface area (Å²) in [5, 5.41) is 5.38. The molecule has 0 unspecified atom stereocenters. The topological polar surface area (TPSA) is 53.1 Å². The average molecular weight is 308 g/mol. The molecule has 0 spiro atoms. The molecule has 0 saturated heterocycles. The van der Waals surface area contributed by atoms with Crippen molar-refractivity contribution in [1.29, 1.82) is 0 Å². The van der Waals surface area contributed by atoms with Crippen LogP contribution in [-0.2, 0) is 6.42 Å². The molecule has 0 atom stereocenters. The van der Waals surface area contributed by atoms with Crippen LogP contribution in [0.15, 0.2) is 24.3 Å². The van der Waals surface area contributed by atoms with Crippen molar-refractivity contribution in [1.82, 2.24) is 9.78 Å². The molecule has 2 rings (SSSR count). The van der Waals surface area contributed by atoms with Crippen molar-refractivity contribution in [2.45, 2.75) is 32.6 Å². The van der Waals surface area contributed by atoms with E-state index in [1.807, 2.05) is 24.3 Å². The van der Waals surface area contributed by atoms with E-state index in [9.17, 15) is 0 Å². The molecule has 2 N–H and O–H groups in total. The molecule has 1 aromatic heterocycles. The molecule has 1 heterocycles. The molecule has 21 heavy (non-hydrogen) atoms. The van der Waals surface area contributed by atoms with E-state index in [4.69, 9.17) is 27.2 Å². The predicted octanol–water partition coefficient (Wildman–Crippen LogP) is 3.55. The molecule has 0 aliphatic rings. The molecule has 1 aromatic carbocycles. The molecular formula is C16H22ClN3O. The Hall–Kier alpha value is -1.52. The molecule has 114 valence electrons. The Bertz CT molecular complexity index is 608. The van der Waals surface area contributed by atoms with Gasteiger partial charge in [-0.1, -0.05) is 37.6 Å². The first kappa shape index (κ1) is 15.9. The lowest BCUT2D eigenvalue weighted by molar-refractivity contribution is 0.379. The highest BCUT2D eigenvalue weighted by atomic mass is 35.5. The lowest BCUT2D eigenvalue weighted by Crippen LogP contribution is -2.04. The first-order chi connectivity index (χ1) is 10.1. The minimum Gasteiger partial charge on any atom is -0.481 e. The van der Waals surface area contributed by atoms with Crippen molar-refractivity contribution in [2.75, 3.05) is 13.7 Å². The first-order valence-electron chi connectivity index (χ1n) is 7.20. The number of ether oxygens (including phenoxy) is 1. The third kappa shape index (κ3) is 3.22. The third-order valence-electron chi connectivity index (χ3n) is 3.42. The fourth-order valence-electron chi connectivity index (χ4n) is 2.43. The molecule has 0 aliphatic heterocycles. The van der Waals surface area contributed by atoms with Gasteiger partial charge in [0, 0.05) is 5.56 Å². The number of hydrogen-bond donors (Lipinski definition) is 1. The van der Waals surface area contributed by atoms with Crippen molar-refractivity contribution in [2.24, 2.45) is 5.73 Å². The van der Waals surface area contributed by atoms with Gasteiger partial charge in [0.1, 0.15) is 0 Å². The van der Waals surface area contributed by atoms with Crippen LogP contribution in [0.2, 0.25) is 5.02 Å². The van der Waals surface area contributed by atoms with E-state index in [0.717, 1.165) is 35.7 Å². The summed E-state index contributed by atoms with van der Waals surface area (Å²) in [7, 11) is 1.67. The number of nitrogens with two attached hydrogens (primary N) is 1. The van der Waals surface area contributed by atoms with Crippen LogP contribution in [0.4, 0.5) is 0 Å². The maximum atomic E-state index is 6.30. The monoisotopic (exact) mass is 307 g/mol. The largest absolute Gasteiger partial charge is 0.481 e. The van der Waals surface area contributed by atoms with Gasteiger partial charge in [-0.2, -0.15) is 9.78 Å². The summed E-state index contributed by atoms with van der Waals surface area (Å²) in [6.07, 6.45) is 1.77. The van der Waals surface area contributed by atoms with Crippen LogP contribution < -0.4 is 10.5 Å². The van der Waals surface area contributed by atoms with Crippen LogP contribution >= 0.6 is 11.6 Å².